The molecule has 0 aliphatic heterocycles. The molecule has 0 aliphatic carbocycles. The fourth-order valence-electron chi connectivity index (χ4n) is 2.48. The van der Waals surface area contributed by atoms with E-state index < -0.39 is 5.97 Å². The second-order valence-electron chi connectivity index (χ2n) is 5.75. The molecule has 0 fully saturated rings. The molecule has 130 valence electrons. The highest BCUT2D eigenvalue weighted by molar-refractivity contribution is 5.97. The van der Waals surface area contributed by atoms with Gasteiger partial charge in [0, 0.05) is 18.0 Å². The Balaban J connectivity index is 2.52. The van der Waals surface area contributed by atoms with E-state index >= 15 is 0 Å². The quantitative estimate of drug-likeness (QED) is 0.740. The predicted molar refractivity (Wildman–Crippen MR) is 97.9 cm³/mol. The number of allylic oxidation sites excluding steroid dienone is 1. The van der Waals surface area contributed by atoms with Gasteiger partial charge >= 0.3 is 5.97 Å². The number of aromatic carboxylic acids is 1. The van der Waals surface area contributed by atoms with E-state index in [2.05, 4.69) is 11.6 Å². The number of phenols is 1. The van der Waals surface area contributed by atoms with Gasteiger partial charge in [0.2, 0.25) is 0 Å². The van der Waals surface area contributed by atoms with Crippen molar-refractivity contribution in [3.8, 4) is 11.5 Å². The van der Waals surface area contributed by atoms with Crippen molar-refractivity contribution in [3.05, 3.63) is 65.0 Å². The molecule has 2 N–H and O–H groups in total. The molecule has 0 spiro atoms. The summed E-state index contributed by atoms with van der Waals surface area (Å²) in [4.78, 5) is 15.6. The van der Waals surface area contributed by atoms with Crippen LogP contribution in [0, 0.1) is 0 Å². The van der Waals surface area contributed by atoms with E-state index in [0.717, 1.165) is 11.1 Å². The van der Waals surface area contributed by atoms with Gasteiger partial charge < -0.3 is 14.9 Å². The molecule has 0 saturated heterocycles. The molecule has 0 aliphatic rings. The Morgan fingerprint density at radius 3 is 2.56 bits per heavy atom. The van der Waals surface area contributed by atoms with E-state index in [9.17, 15) is 15.0 Å². The van der Waals surface area contributed by atoms with Gasteiger partial charge in [-0.3, -0.25) is 4.98 Å². The van der Waals surface area contributed by atoms with Crippen molar-refractivity contribution in [1.82, 2.24) is 4.98 Å². The summed E-state index contributed by atoms with van der Waals surface area (Å²) in [6, 6.07) is 5.24. The number of carboxylic acid groups (broad SMARTS) is 1. The summed E-state index contributed by atoms with van der Waals surface area (Å²) >= 11 is 0. The first-order valence-electron chi connectivity index (χ1n) is 7.82. The summed E-state index contributed by atoms with van der Waals surface area (Å²) in [5, 5.41) is 20.1. The largest absolute Gasteiger partial charge is 0.507 e. The van der Waals surface area contributed by atoms with Crippen molar-refractivity contribution in [2.24, 2.45) is 0 Å². The lowest BCUT2D eigenvalue weighted by Gasteiger charge is -2.15. The van der Waals surface area contributed by atoms with Gasteiger partial charge in [0.1, 0.15) is 17.1 Å². The third-order valence-corrected chi connectivity index (χ3v) is 3.79. The summed E-state index contributed by atoms with van der Waals surface area (Å²) in [5.74, 6) is -0.994. The van der Waals surface area contributed by atoms with Crippen LogP contribution < -0.4 is 4.74 Å². The van der Waals surface area contributed by atoms with Gasteiger partial charge in [-0.15, -0.1) is 6.58 Å². The fourth-order valence-corrected chi connectivity index (χ4v) is 2.48. The summed E-state index contributed by atoms with van der Waals surface area (Å²) in [5.41, 5.74) is 2.53. The van der Waals surface area contributed by atoms with Crippen molar-refractivity contribution in [2.75, 3.05) is 7.11 Å². The molecule has 25 heavy (non-hydrogen) atoms. The first-order valence-corrected chi connectivity index (χ1v) is 7.82. The third-order valence-electron chi connectivity index (χ3n) is 3.79. The molecule has 2 aromatic rings. The number of nitrogens with zero attached hydrogens (tertiary/aromatic N) is 1. The van der Waals surface area contributed by atoms with E-state index in [0.29, 0.717) is 29.7 Å². The molecule has 5 nitrogen and oxygen atoms in total. The number of carbonyl (C=O) groups is 1. The minimum Gasteiger partial charge on any atom is -0.507 e. The molecule has 0 saturated carbocycles. The Kier molecular flexibility index (Phi) is 5.95. The Bertz CT molecular complexity index is 810. The van der Waals surface area contributed by atoms with Crippen molar-refractivity contribution in [2.45, 2.75) is 19.8 Å². The summed E-state index contributed by atoms with van der Waals surface area (Å²) < 4.78 is 5.36. The Morgan fingerprint density at radius 1 is 1.32 bits per heavy atom. The summed E-state index contributed by atoms with van der Waals surface area (Å²) in [6.45, 7) is 5.72. The molecule has 1 aromatic heterocycles. The van der Waals surface area contributed by atoms with E-state index in [1.54, 1.807) is 42.7 Å². The van der Waals surface area contributed by atoms with Gasteiger partial charge in [0.25, 0.3) is 0 Å². The first kappa shape index (κ1) is 18.3. The number of methoxy groups -OCH3 is 1. The van der Waals surface area contributed by atoms with Crippen LogP contribution in [0.1, 0.15) is 40.4 Å². The summed E-state index contributed by atoms with van der Waals surface area (Å²) in [6.07, 6.45) is 7.79. The average molecular weight is 339 g/mol. The van der Waals surface area contributed by atoms with Crippen LogP contribution in [0.25, 0.3) is 12.2 Å². The number of pyridine rings is 1. The molecule has 0 unspecified atom stereocenters. The van der Waals surface area contributed by atoms with Gasteiger partial charge in [0.05, 0.1) is 7.11 Å². The third kappa shape index (κ3) is 4.47. The van der Waals surface area contributed by atoms with Gasteiger partial charge in [-0.05, 0) is 49.1 Å². The molecular formula is C20H21NO4. The SMILES string of the molecule is C=C(C)CCc1c(OC)cc(C=Cc2ccncc2)c(C(=O)O)c1O. The van der Waals surface area contributed by atoms with Crippen LogP contribution in [-0.2, 0) is 6.42 Å². The molecule has 0 bridgehead atoms. The second kappa shape index (κ2) is 8.15. The number of benzene rings is 1. The number of hydrogen-bond donors (Lipinski definition) is 2. The molecular weight excluding hydrogens is 318 g/mol. The Morgan fingerprint density at radius 2 is 2.00 bits per heavy atom. The number of aromatic hydroxyl groups is 1. The van der Waals surface area contributed by atoms with Crippen molar-refractivity contribution in [1.29, 1.82) is 0 Å². The van der Waals surface area contributed by atoms with Crippen LogP contribution in [0.2, 0.25) is 0 Å². The van der Waals surface area contributed by atoms with Gasteiger partial charge in [-0.25, -0.2) is 4.79 Å². The van der Waals surface area contributed by atoms with Gasteiger partial charge in [-0.2, -0.15) is 0 Å². The molecule has 1 aromatic carbocycles. The number of carboxylic acids is 1. The highest BCUT2D eigenvalue weighted by Crippen LogP contribution is 2.36. The zero-order valence-electron chi connectivity index (χ0n) is 14.3. The number of hydrogen-bond acceptors (Lipinski definition) is 4. The van der Waals surface area contributed by atoms with E-state index in [-0.39, 0.29) is 11.3 Å². The van der Waals surface area contributed by atoms with Crippen LogP contribution in [0.15, 0.2) is 42.7 Å². The zero-order chi connectivity index (χ0) is 18.4. The fraction of sp³-hybridized carbons (Fsp3) is 0.200. The normalized spacial score (nSPS) is 10.8. The van der Waals surface area contributed by atoms with Crippen molar-refractivity contribution >= 4 is 18.1 Å². The highest BCUT2D eigenvalue weighted by Gasteiger charge is 2.21. The van der Waals surface area contributed by atoms with Crippen LogP contribution >= 0.6 is 0 Å². The maximum absolute atomic E-state index is 11.7. The lowest BCUT2D eigenvalue weighted by atomic mass is 9.96. The average Bonchev–Trinajstić information content (AvgIpc) is 2.58. The highest BCUT2D eigenvalue weighted by atomic mass is 16.5. The second-order valence-corrected chi connectivity index (χ2v) is 5.75. The van der Waals surface area contributed by atoms with Crippen molar-refractivity contribution in [3.63, 3.8) is 0 Å². The molecule has 5 heteroatoms. The number of rotatable bonds is 7. The van der Waals surface area contributed by atoms with E-state index in [1.165, 1.54) is 7.11 Å². The predicted octanol–water partition coefficient (Wildman–Crippen LogP) is 4.17. The lowest BCUT2D eigenvalue weighted by Crippen LogP contribution is -2.05. The number of aromatic nitrogens is 1. The minimum absolute atomic E-state index is 0.136. The lowest BCUT2D eigenvalue weighted by molar-refractivity contribution is 0.0693. The first-order chi connectivity index (χ1) is 11.9. The van der Waals surface area contributed by atoms with Crippen LogP contribution in [0.3, 0.4) is 0 Å². The molecule has 0 radical (unpaired) electrons. The smallest absolute Gasteiger partial charge is 0.340 e. The summed E-state index contributed by atoms with van der Waals surface area (Å²) in [7, 11) is 1.50. The van der Waals surface area contributed by atoms with Crippen LogP contribution in [-0.4, -0.2) is 28.3 Å². The van der Waals surface area contributed by atoms with E-state index in [1.807, 2.05) is 6.92 Å². The Hall–Kier alpha value is -3.08. The standard InChI is InChI=1S/C20H21NO4/c1-13(2)4-7-16-17(25-3)12-15(18(19(16)22)20(23)24)6-5-14-8-10-21-11-9-14/h5-6,8-12,22H,1,4,7H2,2-3H3,(H,23,24). The maximum atomic E-state index is 11.7. The van der Waals surface area contributed by atoms with Gasteiger partial charge in [-0.1, -0.05) is 17.7 Å². The zero-order valence-corrected chi connectivity index (χ0v) is 14.3. The number of ether oxygens (including phenoxy) is 1. The maximum Gasteiger partial charge on any atom is 0.340 e. The Labute approximate surface area is 146 Å². The van der Waals surface area contributed by atoms with Crippen LogP contribution in [0.5, 0.6) is 11.5 Å². The van der Waals surface area contributed by atoms with Gasteiger partial charge in [0.15, 0.2) is 0 Å². The topological polar surface area (TPSA) is 79.7 Å². The molecule has 0 amide bonds. The monoisotopic (exact) mass is 339 g/mol. The molecule has 2 rings (SSSR count). The van der Waals surface area contributed by atoms with Crippen LogP contribution in [0.4, 0.5) is 0 Å². The van der Waals surface area contributed by atoms with E-state index in [4.69, 9.17) is 4.74 Å². The molecule has 1 heterocycles. The minimum atomic E-state index is -1.19. The molecule has 0 atom stereocenters. The van der Waals surface area contributed by atoms with Crippen molar-refractivity contribution < 1.29 is 19.7 Å².